The normalized spacial score (nSPS) is 11.0. The third-order valence-corrected chi connectivity index (χ3v) is 4.53. The second-order valence-corrected chi connectivity index (χ2v) is 6.81. The lowest BCUT2D eigenvalue weighted by Crippen LogP contribution is -2.31. The number of hydrogen-bond acceptors (Lipinski definition) is 7. The van der Waals surface area contributed by atoms with Crippen LogP contribution in [-0.2, 0) is 27.4 Å². The number of ether oxygens (including phenoxy) is 2. The minimum absolute atomic E-state index is 0.0465. The SMILES string of the molecule is CCOC(=O)CN(Cc1ccc(F)cc1)Cc1nc2cc(C(=O)OC)ccc2c(=O)[nH]1. The van der Waals surface area contributed by atoms with Gasteiger partial charge in [-0.25, -0.2) is 14.2 Å². The summed E-state index contributed by atoms with van der Waals surface area (Å²) in [5.41, 5.74) is 1.02. The van der Waals surface area contributed by atoms with E-state index in [0.717, 1.165) is 5.56 Å². The van der Waals surface area contributed by atoms with Crippen LogP contribution in [0.5, 0.6) is 0 Å². The summed E-state index contributed by atoms with van der Waals surface area (Å²) in [6, 6.07) is 10.4. The van der Waals surface area contributed by atoms with Crippen molar-refractivity contribution < 1.29 is 23.5 Å². The summed E-state index contributed by atoms with van der Waals surface area (Å²) in [6.07, 6.45) is 0. The summed E-state index contributed by atoms with van der Waals surface area (Å²) in [5, 5.41) is 0.326. The molecule has 0 fully saturated rings. The first-order chi connectivity index (χ1) is 14.9. The van der Waals surface area contributed by atoms with E-state index < -0.39 is 11.9 Å². The summed E-state index contributed by atoms with van der Waals surface area (Å²) in [7, 11) is 1.27. The van der Waals surface area contributed by atoms with Gasteiger partial charge in [-0.1, -0.05) is 12.1 Å². The van der Waals surface area contributed by atoms with Crippen molar-refractivity contribution in [3.05, 3.63) is 75.6 Å². The molecular weight excluding hydrogens is 405 g/mol. The molecule has 0 aliphatic heterocycles. The quantitative estimate of drug-likeness (QED) is 0.551. The molecular formula is C22H22FN3O5. The first kappa shape index (κ1) is 22.1. The summed E-state index contributed by atoms with van der Waals surface area (Å²) in [4.78, 5) is 45.2. The molecule has 0 aliphatic rings. The van der Waals surface area contributed by atoms with Gasteiger partial charge < -0.3 is 14.5 Å². The maximum absolute atomic E-state index is 13.2. The molecule has 8 nitrogen and oxygen atoms in total. The molecule has 0 spiro atoms. The summed E-state index contributed by atoms with van der Waals surface area (Å²) >= 11 is 0. The number of methoxy groups -OCH3 is 1. The van der Waals surface area contributed by atoms with Crippen LogP contribution in [0.2, 0.25) is 0 Å². The Morgan fingerprint density at radius 2 is 1.87 bits per heavy atom. The lowest BCUT2D eigenvalue weighted by molar-refractivity contribution is -0.144. The minimum Gasteiger partial charge on any atom is -0.465 e. The monoisotopic (exact) mass is 427 g/mol. The van der Waals surface area contributed by atoms with Crippen LogP contribution in [0.3, 0.4) is 0 Å². The highest BCUT2D eigenvalue weighted by atomic mass is 19.1. The number of carbonyl (C=O) groups excluding carboxylic acids is 2. The smallest absolute Gasteiger partial charge is 0.337 e. The van der Waals surface area contributed by atoms with Gasteiger partial charge >= 0.3 is 11.9 Å². The number of benzene rings is 2. The number of H-pyrrole nitrogens is 1. The molecule has 162 valence electrons. The molecule has 0 unspecified atom stereocenters. The molecule has 1 aromatic heterocycles. The fourth-order valence-corrected chi connectivity index (χ4v) is 3.12. The van der Waals surface area contributed by atoms with Crippen LogP contribution < -0.4 is 5.56 Å². The second-order valence-electron chi connectivity index (χ2n) is 6.81. The summed E-state index contributed by atoms with van der Waals surface area (Å²) in [5.74, 6) is -1.01. The number of esters is 2. The highest BCUT2D eigenvalue weighted by Crippen LogP contribution is 2.14. The lowest BCUT2D eigenvalue weighted by atomic mass is 10.1. The highest BCUT2D eigenvalue weighted by molar-refractivity contribution is 5.93. The zero-order valence-electron chi connectivity index (χ0n) is 17.2. The average molecular weight is 427 g/mol. The second kappa shape index (κ2) is 9.94. The van der Waals surface area contributed by atoms with Crippen LogP contribution in [0, 0.1) is 5.82 Å². The van der Waals surface area contributed by atoms with E-state index in [1.54, 1.807) is 24.0 Å². The van der Waals surface area contributed by atoms with E-state index in [1.807, 2.05) is 0 Å². The molecule has 2 aromatic carbocycles. The molecule has 3 rings (SSSR count). The van der Waals surface area contributed by atoms with E-state index in [0.29, 0.717) is 23.3 Å². The van der Waals surface area contributed by atoms with E-state index in [2.05, 4.69) is 9.97 Å². The molecule has 0 aliphatic carbocycles. The summed E-state index contributed by atoms with van der Waals surface area (Å²) in [6.45, 7) is 2.34. The minimum atomic E-state index is -0.536. The van der Waals surface area contributed by atoms with Crippen molar-refractivity contribution in [3.63, 3.8) is 0 Å². The molecule has 0 amide bonds. The summed E-state index contributed by atoms with van der Waals surface area (Å²) < 4.78 is 23.0. The number of nitrogens with zero attached hydrogens (tertiary/aromatic N) is 2. The largest absolute Gasteiger partial charge is 0.465 e. The van der Waals surface area contributed by atoms with Crippen LogP contribution in [0.1, 0.15) is 28.7 Å². The van der Waals surface area contributed by atoms with E-state index in [9.17, 15) is 18.8 Å². The molecule has 0 saturated carbocycles. The third-order valence-electron chi connectivity index (χ3n) is 4.53. The first-order valence-corrected chi connectivity index (χ1v) is 9.63. The zero-order chi connectivity index (χ0) is 22.4. The highest BCUT2D eigenvalue weighted by Gasteiger charge is 2.16. The van der Waals surface area contributed by atoms with Gasteiger partial charge in [-0.15, -0.1) is 0 Å². The Balaban J connectivity index is 1.90. The van der Waals surface area contributed by atoms with Crippen LogP contribution >= 0.6 is 0 Å². The van der Waals surface area contributed by atoms with Crippen molar-refractivity contribution in [1.82, 2.24) is 14.9 Å². The van der Waals surface area contributed by atoms with Crippen molar-refractivity contribution in [2.45, 2.75) is 20.0 Å². The van der Waals surface area contributed by atoms with Gasteiger partial charge in [-0.2, -0.15) is 0 Å². The molecule has 0 atom stereocenters. The van der Waals surface area contributed by atoms with Crippen LogP contribution in [0.15, 0.2) is 47.3 Å². The van der Waals surface area contributed by atoms with Gasteiger partial charge in [0.2, 0.25) is 0 Å². The molecule has 3 aromatic rings. The Morgan fingerprint density at radius 3 is 2.55 bits per heavy atom. The molecule has 0 radical (unpaired) electrons. The maximum Gasteiger partial charge on any atom is 0.337 e. The molecule has 9 heteroatoms. The van der Waals surface area contributed by atoms with E-state index in [-0.39, 0.29) is 36.6 Å². The molecule has 0 bridgehead atoms. The van der Waals surface area contributed by atoms with Crippen LogP contribution in [0.4, 0.5) is 4.39 Å². The van der Waals surface area contributed by atoms with Gasteiger partial charge in [-0.3, -0.25) is 14.5 Å². The Bertz CT molecular complexity index is 1140. The molecule has 1 heterocycles. The Morgan fingerprint density at radius 1 is 1.13 bits per heavy atom. The predicted octanol–water partition coefficient (Wildman–Crippen LogP) is 2.41. The number of halogens is 1. The van der Waals surface area contributed by atoms with Crippen LogP contribution in [0.25, 0.3) is 10.9 Å². The van der Waals surface area contributed by atoms with Gasteiger partial charge in [0.25, 0.3) is 5.56 Å². The van der Waals surface area contributed by atoms with E-state index in [4.69, 9.17) is 9.47 Å². The lowest BCUT2D eigenvalue weighted by Gasteiger charge is -2.21. The van der Waals surface area contributed by atoms with Gasteiger partial charge in [0.1, 0.15) is 11.6 Å². The van der Waals surface area contributed by atoms with Crippen molar-refractivity contribution in [2.75, 3.05) is 20.3 Å². The van der Waals surface area contributed by atoms with Crippen molar-refractivity contribution >= 4 is 22.8 Å². The third kappa shape index (κ3) is 5.73. The number of rotatable bonds is 8. The standard InChI is InChI=1S/C22H22FN3O5/c1-3-31-20(27)13-26(11-14-4-7-16(23)8-5-14)12-19-24-18-10-15(22(29)30-2)6-9-17(18)21(28)25-19/h4-10H,3,11-13H2,1-2H3,(H,24,25,28). The molecule has 31 heavy (non-hydrogen) atoms. The Labute approximate surface area is 177 Å². The van der Waals surface area contributed by atoms with E-state index in [1.165, 1.54) is 37.4 Å². The number of carbonyl (C=O) groups is 2. The van der Waals surface area contributed by atoms with Crippen LogP contribution in [-0.4, -0.2) is 47.1 Å². The Hall–Kier alpha value is -3.59. The van der Waals surface area contributed by atoms with E-state index >= 15 is 0 Å². The predicted molar refractivity (Wildman–Crippen MR) is 111 cm³/mol. The number of hydrogen-bond donors (Lipinski definition) is 1. The average Bonchev–Trinajstić information content (AvgIpc) is 2.74. The van der Waals surface area contributed by atoms with Crippen molar-refractivity contribution in [1.29, 1.82) is 0 Å². The van der Waals surface area contributed by atoms with Gasteiger partial charge in [0, 0.05) is 6.54 Å². The van der Waals surface area contributed by atoms with Gasteiger partial charge in [0.15, 0.2) is 0 Å². The van der Waals surface area contributed by atoms with Gasteiger partial charge in [0.05, 0.1) is 43.3 Å². The van der Waals surface area contributed by atoms with Crippen molar-refractivity contribution in [3.8, 4) is 0 Å². The number of aromatic amines is 1. The fraction of sp³-hybridized carbons (Fsp3) is 0.273. The Kier molecular flexibility index (Phi) is 7.09. The fourth-order valence-electron chi connectivity index (χ4n) is 3.12. The molecule has 0 saturated heterocycles. The number of aromatic nitrogens is 2. The maximum atomic E-state index is 13.2. The topological polar surface area (TPSA) is 102 Å². The number of fused-ring (bicyclic) bond motifs is 1. The van der Waals surface area contributed by atoms with Crippen molar-refractivity contribution in [2.24, 2.45) is 0 Å². The zero-order valence-corrected chi connectivity index (χ0v) is 17.2. The first-order valence-electron chi connectivity index (χ1n) is 9.63. The van der Waals surface area contributed by atoms with Gasteiger partial charge in [-0.05, 0) is 42.8 Å². The molecule has 1 N–H and O–H groups in total. The number of nitrogens with one attached hydrogen (secondary N) is 1.